The number of nitrogens with zero attached hydrogens (tertiary/aromatic N) is 1. The van der Waals surface area contributed by atoms with Crippen LogP contribution in [0.4, 0.5) is 13.2 Å². The number of thiocarbonyl (C=S) groups is 1. The molecule has 1 fully saturated rings. The molecule has 108 valence electrons. The average Bonchev–Trinajstić information content (AvgIpc) is 2.43. The molecule has 0 aromatic heterocycles. The third kappa shape index (κ3) is 2.91. The zero-order valence-electron chi connectivity index (χ0n) is 10.2. The standard InChI is InChI=1S/C12H11F3N2O2S/c13-7-3-6(4-8(14)10(7)15)12(18)17-1-2-19-9(5-17)11(16)20/h3-4,9H,1-2,5H2,(H2,16,20). The highest BCUT2D eigenvalue weighted by molar-refractivity contribution is 7.80. The molecule has 0 bridgehead atoms. The van der Waals surface area contributed by atoms with Gasteiger partial charge < -0.3 is 15.4 Å². The second kappa shape index (κ2) is 5.76. The van der Waals surface area contributed by atoms with Crippen LogP contribution in [-0.4, -0.2) is 41.6 Å². The number of benzene rings is 1. The fourth-order valence-electron chi connectivity index (χ4n) is 1.87. The quantitative estimate of drug-likeness (QED) is 0.659. The molecule has 2 rings (SSSR count). The van der Waals surface area contributed by atoms with E-state index in [-0.39, 0.29) is 30.2 Å². The SMILES string of the molecule is NC(=S)C1CN(C(=O)c2cc(F)c(F)c(F)c2)CCO1. The van der Waals surface area contributed by atoms with Gasteiger partial charge in [0.1, 0.15) is 11.1 Å². The van der Waals surface area contributed by atoms with E-state index in [2.05, 4.69) is 0 Å². The van der Waals surface area contributed by atoms with Crippen molar-refractivity contribution in [3.8, 4) is 0 Å². The zero-order chi connectivity index (χ0) is 14.9. The average molecular weight is 304 g/mol. The summed E-state index contributed by atoms with van der Waals surface area (Å²) in [5.41, 5.74) is 5.16. The summed E-state index contributed by atoms with van der Waals surface area (Å²) in [7, 11) is 0. The van der Waals surface area contributed by atoms with Gasteiger partial charge in [0.25, 0.3) is 5.91 Å². The predicted octanol–water partition coefficient (Wildman–Crippen LogP) is 1.23. The third-order valence-electron chi connectivity index (χ3n) is 2.90. The molecular weight excluding hydrogens is 293 g/mol. The van der Waals surface area contributed by atoms with Crippen molar-refractivity contribution in [3.05, 3.63) is 35.1 Å². The first kappa shape index (κ1) is 14.7. The molecule has 1 saturated heterocycles. The molecule has 1 aliphatic rings. The molecule has 1 heterocycles. The van der Waals surface area contributed by atoms with Crippen molar-refractivity contribution in [3.63, 3.8) is 0 Å². The molecule has 0 spiro atoms. The first-order valence-corrected chi connectivity index (χ1v) is 6.15. The number of hydrogen-bond donors (Lipinski definition) is 1. The highest BCUT2D eigenvalue weighted by Gasteiger charge is 2.27. The number of halogens is 3. The van der Waals surface area contributed by atoms with Crippen LogP contribution >= 0.6 is 12.2 Å². The maximum Gasteiger partial charge on any atom is 0.254 e. The van der Waals surface area contributed by atoms with Crippen LogP contribution < -0.4 is 5.73 Å². The van der Waals surface area contributed by atoms with Crippen LogP contribution in [0, 0.1) is 17.5 Å². The van der Waals surface area contributed by atoms with Gasteiger partial charge in [-0.2, -0.15) is 0 Å². The van der Waals surface area contributed by atoms with E-state index in [0.29, 0.717) is 12.1 Å². The van der Waals surface area contributed by atoms with Gasteiger partial charge in [0.2, 0.25) is 0 Å². The summed E-state index contributed by atoms with van der Waals surface area (Å²) < 4.78 is 44.4. The van der Waals surface area contributed by atoms with Crippen LogP contribution in [0.15, 0.2) is 12.1 Å². The van der Waals surface area contributed by atoms with Crippen LogP contribution in [-0.2, 0) is 4.74 Å². The summed E-state index contributed by atoms with van der Waals surface area (Å²) in [5, 5.41) is 0. The van der Waals surface area contributed by atoms with Crippen molar-refractivity contribution in [2.45, 2.75) is 6.10 Å². The fraction of sp³-hybridized carbons (Fsp3) is 0.333. The molecule has 1 unspecified atom stereocenters. The van der Waals surface area contributed by atoms with E-state index in [1.165, 1.54) is 4.90 Å². The van der Waals surface area contributed by atoms with Gasteiger partial charge in [0, 0.05) is 12.1 Å². The molecule has 0 saturated carbocycles. The van der Waals surface area contributed by atoms with Crippen LogP contribution in [0.25, 0.3) is 0 Å². The van der Waals surface area contributed by atoms with Gasteiger partial charge in [-0.15, -0.1) is 0 Å². The Hall–Kier alpha value is -1.67. The highest BCUT2D eigenvalue weighted by atomic mass is 32.1. The molecule has 8 heteroatoms. The Labute approximate surface area is 118 Å². The van der Waals surface area contributed by atoms with Gasteiger partial charge in [0.15, 0.2) is 17.5 Å². The molecule has 1 amide bonds. The molecule has 1 atom stereocenters. The molecular formula is C12H11F3N2O2S. The Bertz CT molecular complexity index is 545. The summed E-state index contributed by atoms with van der Waals surface area (Å²) in [6, 6.07) is 1.32. The molecule has 1 aromatic rings. The van der Waals surface area contributed by atoms with Crippen molar-refractivity contribution >= 4 is 23.1 Å². The molecule has 1 aromatic carbocycles. The minimum Gasteiger partial charge on any atom is -0.391 e. The molecule has 20 heavy (non-hydrogen) atoms. The summed E-state index contributed by atoms with van der Waals surface area (Å²) in [4.78, 5) is 13.5. The lowest BCUT2D eigenvalue weighted by Gasteiger charge is -2.32. The lowest BCUT2D eigenvalue weighted by molar-refractivity contribution is 0.00874. The maximum atomic E-state index is 13.1. The molecule has 2 N–H and O–H groups in total. The topological polar surface area (TPSA) is 55.6 Å². The highest BCUT2D eigenvalue weighted by Crippen LogP contribution is 2.17. The fourth-order valence-corrected chi connectivity index (χ4v) is 2.01. The second-order valence-corrected chi connectivity index (χ2v) is 4.74. The lowest BCUT2D eigenvalue weighted by atomic mass is 10.1. The Balaban J connectivity index is 2.21. The number of hydrogen-bond acceptors (Lipinski definition) is 3. The van der Waals surface area contributed by atoms with Crippen molar-refractivity contribution < 1.29 is 22.7 Å². The van der Waals surface area contributed by atoms with Gasteiger partial charge in [-0.1, -0.05) is 12.2 Å². The smallest absolute Gasteiger partial charge is 0.254 e. The van der Waals surface area contributed by atoms with Crippen molar-refractivity contribution in [2.24, 2.45) is 5.73 Å². The third-order valence-corrected chi connectivity index (χ3v) is 3.16. The molecule has 0 radical (unpaired) electrons. The summed E-state index contributed by atoms with van der Waals surface area (Å²) in [5.74, 6) is -5.06. The van der Waals surface area contributed by atoms with E-state index in [9.17, 15) is 18.0 Å². The number of morpholine rings is 1. The lowest BCUT2D eigenvalue weighted by Crippen LogP contribution is -2.49. The summed E-state index contributed by atoms with van der Waals surface area (Å²) >= 11 is 4.78. The number of amides is 1. The number of nitrogens with two attached hydrogens (primary N) is 1. The Kier molecular flexibility index (Phi) is 4.24. The van der Waals surface area contributed by atoms with Gasteiger partial charge in [0.05, 0.1) is 13.2 Å². The van der Waals surface area contributed by atoms with E-state index < -0.39 is 29.5 Å². The normalized spacial score (nSPS) is 18.9. The van der Waals surface area contributed by atoms with Gasteiger partial charge in [-0.3, -0.25) is 4.79 Å². The van der Waals surface area contributed by atoms with Crippen LogP contribution in [0.1, 0.15) is 10.4 Å². The van der Waals surface area contributed by atoms with E-state index in [1.54, 1.807) is 0 Å². The first-order valence-electron chi connectivity index (χ1n) is 5.75. The summed E-state index contributed by atoms with van der Waals surface area (Å²) in [6.45, 7) is 0.535. The van der Waals surface area contributed by atoms with Crippen molar-refractivity contribution in [1.82, 2.24) is 4.90 Å². The second-order valence-electron chi connectivity index (χ2n) is 4.27. The zero-order valence-corrected chi connectivity index (χ0v) is 11.1. The minimum absolute atomic E-state index is 0.0920. The van der Waals surface area contributed by atoms with E-state index in [0.717, 1.165) is 0 Å². The van der Waals surface area contributed by atoms with E-state index in [1.807, 2.05) is 0 Å². The Morgan fingerprint density at radius 1 is 1.35 bits per heavy atom. The first-order chi connectivity index (χ1) is 9.40. The summed E-state index contributed by atoms with van der Waals surface area (Å²) in [6.07, 6.45) is -0.599. The van der Waals surface area contributed by atoms with E-state index >= 15 is 0 Å². The van der Waals surface area contributed by atoms with Gasteiger partial charge in [-0.25, -0.2) is 13.2 Å². The molecule has 1 aliphatic heterocycles. The maximum absolute atomic E-state index is 13.1. The van der Waals surface area contributed by atoms with Crippen LogP contribution in [0.3, 0.4) is 0 Å². The number of rotatable bonds is 2. The Morgan fingerprint density at radius 2 is 1.95 bits per heavy atom. The van der Waals surface area contributed by atoms with Crippen molar-refractivity contribution in [1.29, 1.82) is 0 Å². The number of carbonyl (C=O) groups excluding carboxylic acids is 1. The Morgan fingerprint density at radius 3 is 2.50 bits per heavy atom. The van der Waals surface area contributed by atoms with Crippen molar-refractivity contribution in [2.75, 3.05) is 19.7 Å². The number of ether oxygens (including phenoxy) is 1. The molecule has 4 nitrogen and oxygen atoms in total. The predicted molar refractivity (Wildman–Crippen MR) is 68.7 cm³/mol. The van der Waals surface area contributed by atoms with E-state index in [4.69, 9.17) is 22.7 Å². The van der Waals surface area contributed by atoms with Gasteiger partial charge >= 0.3 is 0 Å². The van der Waals surface area contributed by atoms with Crippen LogP contribution in [0.5, 0.6) is 0 Å². The van der Waals surface area contributed by atoms with Crippen LogP contribution in [0.2, 0.25) is 0 Å². The number of carbonyl (C=O) groups is 1. The largest absolute Gasteiger partial charge is 0.391 e. The molecule has 0 aliphatic carbocycles. The monoisotopic (exact) mass is 304 g/mol. The van der Waals surface area contributed by atoms with Gasteiger partial charge in [-0.05, 0) is 12.1 Å². The minimum atomic E-state index is -1.61.